The summed E-state index contributed by atoms with van der Waals surface area (Å²) in [6.45, 7) is 2.01. The van der Waals surface area contributed by atoms with Gasteiger partial charge in [0.1, 0.15) is 0 Å². The summed E-state index contributed by atoms with van der Waals surface area (Å²) in [5.41, 5.74) is 1.19. The smallest absolute Gasteiger partial charge is 0.336 e. The van der Waals surface area contributed by atoms with Crippen molar-refractivity contribution in [2.75, 3.05) is 18.9 Å². The van der Waals surface area contributed by atoms with Gasteiger partial charge in [-0.2, -0.15) is 5.26 Å². The molecule has 1 aromatic rings. The van der Waals surface area contributed by atoms with Gasteiger partial charge in [-0.1, -0.05) is 6.07 Å². The van der Waals surface area contributed by atoms with Crippen molar-refractivity contribution in [1.29, 1.82) is 5.26 Å². The van der Waals surface area contributed by atoms with Gasteiger partial charge in [0.25, 0.3) is 0 Å². The number of rotatable bonds is 4. The molecule has 0 aliphatic heterocycles. The number of amides is 2. The van der Waals surface area contributed by atoms with Crippen LogP contribution in [0.3, 0.4) is 0 Å². The molecule has 0 atom stereocenters. The van der Waals surface area contributed by atoms with Gasteiger partial charge in [-0.3, -0.25) is 0 Å². The standard InChI is InChI=1S/C13H15N3O3/c1-9-4-5-10(8-11(9)12(17)18)15-13(19)16(2)7-3-6-14/h4-5,8H,3,7H2,1-2H3,(H,15,19)(H,17,18). The van der Waals surface area contributed by atoms with Crippen molar-refractivity contribution in [3.05, 3.63) is 29.3 Å². The van der Waals surface area contributed by atoms with E-state index in [1.807, 2.05) is 6.07 Å². The lowest BCUT2D eigenvalue weighted by Crippen LogP contribution is -2.32. The van der Waals surface area contributed by atoms with Crippen LogP contribution in [0, 0.1) is 18.3 Å². The zero-order chi connectivity index (χ0) is 14.4. The second kappa shape index (κ2) is 6.40. The van der Waals surface area contributed by atoms with E-state index in [0.29, 0.717) is 17.8 Å². The third kappa shape index (κ3) is 4.00. The largest absolute Gasteiger partial charge is 0.478 e. The van der Waals surface area contributed by atoms with E-state index in [9.17, 15) is 9.59 Å². The summed E-state index contributed by atoms with van der Waals surface area (Å²) in [6.07, 6.45) is 0.248. The highest BCUT2D eigenvalue weighted by Gasteiger charge is 2.11. The first-order valence-corrected chi connectivity index (χ1v) is 5.68. The highest BCUT2D eigenvalue weighted by molar-refractivity contribution is 5.94. The first kappa shape index (κ1) is 14.5. The summed E-state index contributed by atoms with van der Waals surface area (Å²) in [7, 11) is 1.57. The number of carboxylic acids is 1. The van der Waals surface area contributed by atoms with Gasteiger partial charge in [0, 0.05) is 19.3 Å². The summed E-state index contributed by atoms with van der Waals surface area (Å²) < 4.78 is 0. The van der Waals surface area contributed by atoms with Crippen molar-refractivity contribution in [3.8, 4) is 6.07 Å². The van der Waals surface area contributed by atoms with Crippen LogP contribution in [0.15, 0.2) is 18.2 Å². The summed E-state index contributed by atoms with van der Waals surface area (Å²) in [4.78, 5) is 24.1. The maximum absolute atomic E-state index is 11.7. The number of hydrogen-bond acceptors (Lipinski definition) is 3. The van der Waals surface area contributed by atoms with Crippen LogP contribution < -0.4 is 5.32 Å². The Morgan fingerprint density at radius 3 is 2.74 bits per heavy atom. The number of carbonyl (C=O) groups excluding carboxylic acids is 1. The molecule has 1 aromatic carbocycles. The summed E-state index contributed by atoms with van der Waals surface area (Å²) >= 11 is 0. The molecule has 6 nitrogen and oxygen atoms in total. The Bertz CT molecular complexity index is 534. The Labute approximate surface area is 111 Å². The van der Waals surface area contributed by atoms with Gasteiger partial charge in [0.15, 0.2) is 0 Å². The first-order chi connectivity index (χ1) is 8.95. The van der Waals surface area contributed by atoms with E-state index in [1.165, 1.54) is 11.0 Å². The van der Waals surface area contributed by atoms with Gasteiger partial charge in [-0.15, -0.1) is 0 Å². The molecule has 0 aliphatic carbocycles. The highest BCUT2D eigenvalue weighted by atomic mass is 16.4. The predicted octanol–water partition coefficient (Wildman–Crippen LogP) is 2.07. The summed E-state index contributed by atoms with van der Waals surface area (Å²) in [6, 6.07) is 6.25. The van der Waals surface area contributed by atoms with Crippen LogP contribution >= 0.6 is 0 Å². The van der Waals surface area contributed by atoms with E-state index >= 15 is 0 Å². The van der Waals surface area contributed by atoms with E-state index in [2.05, 4.69) is 5.32 Å². The fourth-order valence-corrected chi connectivity index (χ4v) is 1.47. The zero-order valence-electron chi connectivity index (χ0n) is 10.8. The van der Waals surface area contributed by atoms with Crippen LogP contribution in [0.25, 0.3) is 0 Å². The second-order valence-electron chi connectivity index (χ2n) is 4.09. The van der Waals surface area contributed by atoms with Crippen LogP contribution in [-0.4, -0.2) is 35.6 Å². The average Bonchev–Trinajstić information content (AvgIpc) is 2.37. The number of aryl methyl sites for hydroxylation is 1. The first-order valence-electron chi connectivity index (χ1n) is 5.68. The molecular weight excluding hydrogens is 246 g/mol. The zero-order valence-corrected chi connectivity index (χ0v) is 10.8. The molecule has 2 amide bonds. The van der Waals surface area contributed by atoms with Crippen LogP contribution in [0.4, 0.5) is 10.5 Å². The average molecular weight is 261 g/mol. The van der Waals surface area contributed by atoms with Gasteiger partial charge < -0.3 is 15.3 Å². The normalized spacial score (nSPS) is 9.53. The third-order valence-electron chi connectivity index (χ3n) is 2.62. The van der Waals surface area contributed by atoms with Gasteiger partial charge in [0.05, 0.1) is 18.1 Å². The number of nitrogens with zero attached hydrogens (tertiary/aromatic N) is 2. The Morgan fingerprint density at radius 1 is 1.47 bits per heavy atom. The fraction of sp³-hybridized carbons (Fsp3) is 0.308. The van der Waals surface area contributed by atoms with Crippen molar-refractivity contribution in [2.24, 2.45) is 0 Å². The molecule has 0 saturated carbocycles. The van der Waals surface area contributed by atoms with Crippen molar-refractivity contribution in [3.63, 3.8) is 0 Å². The van der Waals surface area contributed by atoms with E-state index in [1.54, 1.807) is 26.1 Å². The number of aromatic carboxylic acids is 1. The summed E-state index contributed by atoms with van der Waals surface area (Å²) in [5.74, 6) is -1.04. The van der Waals surface area contributed by atoms with Crippen molar-refractivity contribution in [2.45, 2.75) is 13.3 Å². The molecule has 1 rings (SSSR count). The Hall–Kier alpha value is -2.55. The molecule has 0 unspecified atom stereocenters. The number of carbonyl (C=O) groups is 2. The van der Waals surface area contributed by atoms with Crippen LogP contribution in [0.1, 0.15) is 22.3 Å². The number of urea groups is 1. The lowest BCUT2D eigenvalue weighted by molar-refractivity contribution is 0.0696. The van der Waals surface area contributed by atoms with Crippen LogP contribution in [0.2, 0.25) is 0 Å². The minimum atomic E-state index is -1.04. The molecule has 0 bridgehead atoms. The molecule has 0 spiro atoms. The quantitative estimate of drug-likeness (QED) is 0.867. The number of anilines is 1. The molecule has 0 heterocycles. The molecule has 0 aliphatic rings. The molecule has 0 saturated heterocycles. The van der Waals surface area contributed by atoms with E-state index in [-0.39, 0.29) is 18.0 Å². The molecule has 100 valence electrons. The fourth-order valence-electron chi connectivity index (χ4n) is 1.47. The maximum atomic E-state index is 11.7. The Balaban J connectivity index is 2.78. The van der Waals surface area contributed by atoms with E-state index < -0.39 is 5.97 Å². The van der Waals surface area contributed by atoms with Gasteiger partial charge in [0.2, 0.25) is 0 Å². The van der Waals surface area contributed by atoms with Crippen LogP contribution in [-0.2, 0) is 0 Å². The Kier molecular flexibility index (Phi) is 4.89. The molecule has 0 fully saturated rings. The minimum Gasteiger partial charge on any atom is -0.478 e. The van der Waals surface area contributed by atoms with Crippen LogP contribution in [0.5, 0.6) is 0 Å². The molecular formula is C13H15N3O3. The molecule has 2 N–H and O–H groups in total. The number of nitriles is 1. The second-order valence-corrected chi connectivity index (χ2v) is 4.09. The topological polar surface area (TPSA) is 93.4 Å². The number of benzene rings is 1. The Morgan fingerprint density at radius 2 is 2.16 bits per heavy atom. The third-order valence-corrected chi connectivity index (χ3v) is 2.62. The monoisotopic (exact) mass is 261 g/mol. The van der Waals surface area contributed by atoms with Gasteiger partial charge in [-0.05, 0) is 24.6 Å². The maximum Gasteiger partial charge on any atom is 0.336 e. The SMILES string of the molecule is Cc1ccc(NC(=O)N(C)CCC#N)cc1C(=O)O. The van der Waals surface area contributed by atoms with Crippen molar-refractivity contribution >= 4 is 17.7 Å². The van der Waals surface area contributed by atoms with E-state index in [0.717, 1.165) is 0 Å². The predicted molar refractivity (Wildman–Crippen MR) is 70.0 cm³/mol. The van der Waals surface area contributed by atoms with Gasteiger partial charge >= 0.3 is 12.0 Å². The molecule has 0 radical (unpaired) electrons. The number of carboxylic acid groups (broad SMARTS) is 1. The molecule has 6 heteroatoms. The van der Waals surface area contributed by atoms with Gasteiger partial charge in [-0.25, -0.2) is 9.59 Å². The molecule has 19 heavy (non-hydrogen) atoms. The lowest BCUT2D eigenvalue weighted by Gasteiger charge is -2.16. The number of hydrogen-bond donors (Lipinski definition) is 2. The van der Waals surface area contributed by atoms with Crippen molar-refractivity contribution in [1.82, 2.24) is 4.90 Å². The lowest BCUT2D eigenvalue weighted by atomic mass is 10.1. The number of nitrogens with one attached hydrogen (secondary N) is 1. The van der Waals surface area contributed by atoms with E-state index in [4.69, 9.17) is 10.4 Å². The van der Waals surface area contributed by atoms with Crippen molar-refractivity contribution < 1.29 is 14.7 Å². The summed E-state index contributed by atoms with van der Waals surface area (Å²) in [5, 5.41) is 20.0. The highest BCUT2D eigenvalue weighted by Crippen LogP contribution is 2.15. The molecule has 0 aromatic heterocycles. The minimum absolute atomic E-state index is 0.150.